The summed E-state index contributed by atoms with van der Waals surface area (Å²) < 4.78 is 52.9. The molecule has 0 spiro atoms. The highest BCUT2D eigenvalue weighted by Crippen LogP contribution is 2.31. The van der Waals surface area contributed by atoms with Crippen LogP contribution in [-0.2, 0) is 32.0 Å². The minimum atomic E-state index is -3.64. The van der Waals surface area contributed by atoms with Crippen molar-refractivity contribution >= 4 is 31.3 Å². The topological polar surface area (TPSA) is 86.1 Å². The van der Waals surface area contributed by atoms with Gasteiger partial charge in [0.2, 0.25) is 0 Å². The van der Waals surface area contributed by atoms with Crippen LogP contribution in [0, 0.1) is 0 Å². The van der Waals surface area contributed by atoms with Gasteiger partial charge in [-0.25, -0.2) is 21.8 Å². The fourth-order valence-electron chi connectivity index (χ4n) is 3.14. The minimum Gasteiger partial charge on any atom is -0.336 e. The summed E-state index contributed by atoms with van der Waals surface area (Å²) >= 11 is 5.91. The zero-order valence-corrected chi connectivity index (χ0v) is 20.0. The highest BCUT2D eigenvalue weighted by Gasteiger charge is 2.32. The largest absolute Gasteiger partial charge is 0.336 e. The monoisotopic (exact) mass is 480 g/mol. The number of hydrogen-bond donors (Lipinski definition) is 0. The van der Waals surface area contributed by atoms with Crippen molar-refractivity contribution < 1.29 is 16.8 Å². The maximum Gasteiger partial charge on any atom is 0.183 e. The molecule has 0 amide bonds. The lowest BCUT2D eigenvalue weighted by atomic mass is 10.1. The summed E-state index contributed by atoms with van der Waals surface area (Å²) in [5.74, 6) is -0.161. The Morgan fingerprint density at radius 1 is 0.968 bits per heavy atom. The summed E-state index contributed by atoms with van der Waals surface area (Å²) in [6, 6.07) is 12.8. The molecule has 1 unspecified atom stereocenters. The molecule has 3 aromatic rings. The van der Waals surface area contributed by atoms with Gasteiger partial charge in [0, 0.05) is 24.0 Å². The third-order valence-corrected chi connectivity index (χ3v) is 9.80. The number of rotatable bonds is 7. The SMILES string of the molecule is CC(C)(C)S(=O)(=O)c1ccc(C(Cn2ccnc2)S(=O)(=O)Cc2ccc(Cl)cc2)cc1. The number of aromatic nitrogens is 2. The molecule has 1 aromatic heterocycles. The second kappa shape index (κ2) is 8.76. The van der Waals surface area contributed by atoms with Crippen LogP contribution in [0.25, 0.3) is 0 Å². The molecule has 166 valence electrons. The maximum absolute atomic E-state index is 13.4. The van der Waals surface area contributed by atoms with E-state index in [2.05, 4.69) is 4.98 Å². The summed E-state index contributed by atoms with van der Waals surface area (Å²) in [6.07, 6.45) is 4.84. The molecule has 0 saturated heterocycles. The van der Waals surface area contributed by atoms with Crippen LogP contribution in [0.1, 0.15) is 37.1 Å². The number of halogens is 1. The Morgan fingerprint density at radius 2 is 1.58 bits per heavy atom. The van der Waals surface area contributed by atoms with Crippen LogP contribution >= 0.6 is 11.6 Å². The zero-order chi connectivity index (χ0) is 22.9. The molecule has 0 aliphatic carbocycles. The number of imidazole rings is 1. The molecule has 9 heteroatoms. The number of sulfone groups is 2. The van der Waals surface area contributed by atoms with Crippen molar-refractivity contribution in [1.29, 1.82) is 0 Å². The van der Waals surface area contributed by atoms with Crippen molar-refractivity contribution in [3.05, 3.63) is 83.4 Å². The van der Waals surface area contributed by atoms with Crippen LogP contribution in [0.3, 0.4) is 0 Å². The number of hydrogen-bond acceptors (Lipinski definition) is 5. The van der Waals surface area contributed by atoms with Crippen LogP contribution in [-0.4, -0.2) is 31.1 Å². The van der Waals surface area contributed by atoms with Crippen LogP contribution < -0.4 is 0 Å². The van der Waals surface area contributed by atoms with Crippen molar-refractivity contribution in [3.63, 3.8) is 0 Å². The van der Waals surface area contributed by atoms with E-state index in [9.17, 15) is 16.8 Å². The quantitative estimate of drug-likeness (QED) is 0.498. The van der Waals surface area contributed by atoms with E-state index in [4.69, 9.17) is 11.6 Å². The smallest absolute Gasteiger partial charge is 0.183 e. The van der Waals surface area contributed by atoms with E-state index in [0.29, 0.717) is 16.1 Å². The lowest BCUT2D eigenvalue weighted by Gasteiger charge is -2.21. The molecule has 2 aromatic carbocycles. The molecule has 0 aliphatic rings. The number of benzene rings is 2. The van der Waals surface area contributed by atoms with E-state index in [0.717, 1.165) is 0 Å². The van der Waals surface area contributed by atoms with Gasteiger partial charge in [-0.05, 0) is 56.2 Å². The summed E-state index contributed by atoms with van der Waals surface area (Å²) in [7, 11) is -7.17. The lowest BCUT2D eigenvalue weighted by molar-refractivity contribution is 0.559. The van der Waals surface area contributed by atoms with Crippen LogP contribution in [0.2, 0.25) is 5.02 Å². The van der Waals surface area contributed by atoms with Gasteiger partial charge in [0.1, 0.15) is 5.25 Å². The molecule has 0 radical (unpaired) electrons. The van der Waals surface area contributed by atoms with E-state index < -0.39 is 29.7 Å². The molecular weight excluding hydrogens is 456 g/mol. The van der Waals surface area contributed by atoms with Gasteiger partial charge >= 0.3 is 0 Å². The van der Waals surface area contributed by atoms with Gasteiger partial charge in [-0.15, -0.1) is 0 Å². The van der Waals surface area contributed by atoms with Crippen molar-refractivity contribution in [2.24, 2.45) is 0 Å². The maximum atomic E-state index is 13.4. The normalized spacial score (nSPS) is 13.8. The highest BCUT2D eigenvalue weighted by molar-refractivity contribution is 7.92. The van der Waals surface area contributed by atoms with E-state index in [1.165, 1.54) is 12.1 Å². The second-order valence-electron chi connectivity index (χ2n) is 8.37. The first kappa shape index (κ1) is 23.5. The Kier molecular flexibility index (Phi) is 6.64. The Labute approximate surface area is 188 Å². The third kappa shape index (κ3) is 5.37. The standard InChI is InChI=1S/C22H25ClN2O4S2/c1-22(2,3)31(28,29)20-10-6-18(7-11-20)21(14-25-13-12-24-16-25)30(26,27)15-17-4-8-19(23)9-5-17/h4-13,16,21H,14-15H2,1-3H3. The van der Waals surface area contributed by atoms with E-state index >= 15 is 0 Å². The van der Waals surface area contributed by atoms with Crippen LogP contribution in [0.15, 0.2) is 72.1 Å². The zero-order valence-electron chi connectivity index (χ0n) is 17.6. The predicted molar refractivity (Wildman–Crippen MR) is 122 cm³/mol. The van der Waals surface area contributed by atoms with E-state index in [1.54, 1.807) is 80.5 Å². The summed E-state index contributed by atoms with van der Waals surface area (Å²) in [5, 5.41) is -0.337. The number of nitrogens with zero attached hydrogens (tertiary/aromatic N) is 2. The summed E-state index contributed by atoms with van der Waals surface area (Å²) in [5.41, 5.74) is 1.16. The van der Waals surface area contributed by atoms with Crippen LogP contribution in [0.4, 0.5) is 0 Å². The Hall–Kier alpha value is -2.16. The van der Waals surface area contributed by atoms with Gasteiger partial charge in [0.05, 0.1) is 21.7 Å². The fourth-order valence-corrected chi connectivity index (χ4v) is 6.30. The first-order valence-electron chi connectivity index (χ1n) is 9.66. The average molecular weight is 481 g/mol. The molecule has 31 heavy (non-hydrogen) atoms. The summed E-state index contributed by atoms with van der Waals surface area (Å²) in [4.78, 5) is 4.16. The molecule has 6 nitrogen and oxygen atoms in total. The summed E-state index contributed by atoms with van der Waals surface area (Å²) in [6.45, 7) is 5.07. The van der Waals surface area contributed by atoms with Crippen molar-refractivity contribution in [2.45, 2.75) is 48.0 Å². The molecule has 3 rings (SSSR count). The molecule has 0 fully saturated rings. The fraction of sp³-hybridized carbons (Fsp3) is 0.318. The predicted octanol–water partition coefficient (Wildman–Crippen LogP) is 4.47. The molecule has 0 aliphatic heterocycles. The molecule has 0 saturated carbocycles. The Bertz CT molecular complexity index is 1230. The van der Waals surface area contributed by atoms with E-state index in [1.807, 2.05) is 0 Å². The molecular formula is C22H25ClN2O4S2. The molecule has 1 atom stereocenters. The molecule has 1 heterocycles. The van der Waals surface area contributed by atoms with Crippen molar-refractivity contribution in [1.82, 2.24) is 9.55 Å². The van der Waals surface area contributed by atoms with Crippen molar-refractivity contribution in [3.8, 4) is 0 Å². The van der Waals surface area contributed by atoms with E-state index in [-0.39, 0.29) is 17.2 Å². The first-order chi connectivity index (χ1) is 14.4. The van der Waals surface area contributed by atoms with Gasteiger partial charge < -0.3 is 4.57 Å². The second-order valence-corrected chi connectivity index (χ2v) is 13.7. The van der Waals surface area contributed by atoms with Gasteiger partial charge in [0.15, 0.2) is 19.7 Å². The Balaban J connectivity index is 1.98. The molecule has 0 N–H and O–H groups in total. The highest BCUT2D eigenvalue weighted by atomic mass is 35.5. The first-order valence-corrected chi connectivity index (χ1v) is 13.2. The molecule has 0 bridgehead atoms. The third-order valence-electron chi connectivity index (χ3n) is 5.02. The van der Waals surface area contributed by atoms with Gasteiger partial charge in [-0.3, -0.25) is 0 Å². The lowest BCUT2D eigenvalue weighted by Crippen LogP contribution is -2.28. The Morgan fingerprint density at radius 3 is 2.10 bits per heavy atom. The van der Waals surface area contributed by atoms with Crippen molar-refractivity contribution in [2.75, 3.05) is 0 Å². The average Bonchev–Trinajstić information content (AvgIpc) is 3.20. The van der Waals surface area contributed by atoms with Gasteiger partial charge in [-0.1, -0.05) is 35.9 Å². The van der Waals surface area contributed by atoms with Crippen LogP contribution in [0.5, 0.6) is 0 Å². The van der Waals surface area contributed by atoms with Gasteiger partial charge in [-0.2, -0.15) is 0 Å². The van der Waals surface area contributed by atoms with Gasteiger partial charge in [0.25, 0.3) is 0 Å². The minimum absolute atomic E-state index is 0.161.